The molecular weight excluding hydrogens is 254 g/mol. The lowest BCUT2D eigenvalue weighted by atomic mass is 10.1. The van der Waals surface area contributed by atoms with Gasteiger partial charge in [-0.3, -0.25) is 0 Å². The maximum absolute atomic E-state index is 5.99. The Morgan fingerprint density at radius 3 is 3.00 bits per heavy atom. The van der Waals surface area contributed by atoms with Gasteiger partial charge in [-0.2, -0.15) is 0 Å². The van der Waals surface area contributed by atoms with Crippen LogP contribution in [-0.4, -0.2) is 59.3 Å². The van der Waals surface area contributed by atoms with Crippen LogP contribution < -0.4 is 5.32 Å². The lowest BCUT2D eigenvalue weighted by Crippen LogP contribution is -2.47. The highest BCUT2D eigenvalue weighted by atomic mass is 16.5. The molecule has 1 saturated heterocycles. The third kappa shape index (κ3) is 3.77. The molecule has 0 aromatic carbocycles. The van der Waals surface area contributed by atoms with Crippen LogP contribution >= 0.6 is 0 Å². The summed E-state index contributed by atoms with van der Waals surface area (Å²) in [6, 6.07) is 0.166. The maximum Gasteiger partial charge on any atom is 0.0912 e. The predicted octanol–water partition coefficient (Wildman–Crippen LogP) is 1.06. The molecule has 0 spiro atoms. The first-order valence-electron chi connectivity index (χ1n) is 7.68. The van der Waals surface area contributed by atoms with Crippen LogP contribution in [0.2, 0.25) is 0 Å². The van der Waals surface area contributed by atoms with E-state index in [1.54, 1.807) is 0 Å². The fourth-order valence-corrected chi connectivity index (χ4v) is 2.63. The molecule has 2 heterocycles. The fourth-order valence-electron chi connectivity index (χ4n) is 2.63. The number of hydrogen-bond acceptors (Lipinski definition) is 5. The Balaban J connectivity index is 2.15. The second-order valence-electron chi connectivity index (χ2n) is 5.49. The summed E-state index contributed by atoms with van der Waals surface area (Å²) in [5.74, 6) is 0. The molecule has 2 rings (SSSR count). The van der Waals surface area contributed by atoms with Crippen LogP contribution in [0, 0.1) is 0 Å². The molecule has 1 aromatic rings. The van der Waals surface area contributed by atoms with Gasteiger partial charge in [-0.1, -0.05) is 19.1 Å². The van der Waals surface area contributed by atoms with Crippen molar-refractivity contribution in [1.82, 2.24) is 25.2 Å². The third-order valence-corrected chi connectivity index (χ3v) is 3.68. The Bertz CT molecular complexity index is 395. The van der Waals surface area contributed by atoms with E-state index in [-0.39, 0.29) is 12.1 Å². The molecule has 2 unspecified atom stereocenters. The van der Waals surface area contributed by atoms with Crippen molar-refractivity contribution in [3.63, 3.8) is 0 Å². The van der Waals surface area contributed by atoms with E-state index < -0.39 is 0 Å². The van der Waals surface area contributed by atoms with E-state index in [0.29, 0.717) is 0 Å². The number of nitrogens with zero attached hydrogens (tertiary/aromatic N) is 4. The molecule has 0 radical (unpaired) electrons. The highest BCUT2D eigenvalue weighted by Gasteiger charge is 2.30. The second kappa shape index (κ2) is 7.71. The summed E-state index contributed by atoms with van der Waals surface area (Å²) in [4.78, 5) is 2.32. The lowest BCUT2D eigenvalue weighted by molar-refractivity contribution is -0.0406. The zero-order valence-electron chi connectivity index (χ0n) is 12.9. The summed E-state index contributed by atoms with van der Waals surface area (Å²) in [6.45, 7) is 8.96. The SMILES string of the molecule is CCCNC(c1cnnn1CCC)C1CN(C)CCO1. The Morgan fingerprint density at radius 2 is 2.30 bits per heavy atom. The Hall–Kier alpha value is -0.980. The first-order valence-corrected chi connectivity index (χ1v) is 7.68. The summed E-state index contributed by atoms with van der Waals surface area (Å²) >= 11 is 0. The molecule has 6 nitrogen and oxygen atoms in total. The average molecular weight is 281 g/mol. The van der Waals surface area contributed by atoms with Crippen LogP contribution in [0.1, 0.15) is 38.4 Å². The van der Waals surface area contributed by atoms with Crippen LogP contribution in [0.15, 0.2) is 6.20 Å². The number of nitrogens with one attached hydrogen (secondary N) is 1. The molecule has 0 amide bonds. The van der Waals surface area contributed by atoms with Crippen LogP contribution in [0.5, 0.6) is 0 Å². The van der Waals surface area contributed by atoms with E-state index in [1.807, 2.05) is 10.9 Å². The molecular formula is C14H27N5O. The van der Waals surface area contributed by atoms with E-state index >= 15 is 0 Å². The van der Waals surface area contributed by atoms with Gasteiger partial charge in [0, 0.05) is 19.6 Å². The highest BCUT2D eigenvalue weighted by molar-refractivity contribution is 5.06. The normalized spacial score (nSPS) is 22.1. The minimum Gasteiger partial charge on any atom is -0.374 e. The summed E-state index contributed by atoms with van der Waals surface area (Å²) < 4.78 is 8.00. The molecule has 1 aliphatic rings. The van der Waals surface area contributed by atoms with Gasteiger partial charge >= 0.3 is 0 Å². The van der Waals surface area contributed by atoms with Gasteiger partial charge in [-0.05, 0) is 26.4 Å². The van der Waals surface area contributed by atoms with Crippen molar-refractivity contribution in [3.05, 3.63) is 11.9 Å². The van der Waals surface area contributed by atoms with Gasteiger partial charge in [0.05, 0.1) is 30.6 Å². The summed E-state index contributed by atoms with van der Waals surface area (Å²) in [6.07, 6.45) is 4.20. The quantitative estimate of drug-likeness (QED) is 0.810. The van der Waals surface area contributed by atoms with Gasteiger partial charge in [-0.15, -0.1) is 5.10 Å². The van der Waals surface area contributed by atoms with Gasteiger partial charge in [0.1, 0.15) is 0 Å². The lowest BCUT2D eigenvalue weighted by Gasteiger charge is -2.35. The van der Waals surface area contributed by atoms with Crippen LogP contribution in [0.4, 0.5) is 0 Å². The van der Waals surface area contributed by atoms with Crippen molar-refractivity contribution in [3.8, 4) is 0 Å². The molecule has 1 aromatic heterocycles. The number of likely N-dealkylation sites (N-methyl/N-ethyl adjacent to an activating group) is 1. The van der Waals surface area contributed by atoms with E-state index in [1.165, 1.54) is 0 Å². The average Bonchev–Trinajstić information content (AvgIpc) is 2.88. The molecule has 0 saturated carbocycles. The van der Waals surface area contributed by atoms with Crippen molar-refractivity contribution >= 4 is 0 Å². The summed E-state index contributed by atoms with van der Waals surface area (Å²) in [5.41, 5.74) is 1.14. The Labute approximate surface area is 121 Å². The number of aromatic nitrogens is 3. The number of morpholine rings is 1. The summed E-state index contributed by atoms with van der Waals surface area (Å²) in [5, 5.41) is 11.9. The topological polar surface area (TPSA) is 55.2 Å². The maximum atomic E-state index is 5.99. The van der Waals surface area contributed by atoms with Crippen molar-refractivity contribution in [1.29, 1.82) is 0 Å². The van der Waals surface area contributed by atoms with Gasteiger partial charge in [0.2, 0.25) is 0 Å². The number of ether oxygens (including phenoxy) is 1. The van der Waals surface area contributed by atoms with E-state index in [2.05, 4.69) is 41.4 Å². The zero-order chi connectivity index (χ0) is 14.4. The van der Waals surface area contributed by atoms with Gasteiger partial charge < -0.3 is 15.0 Å². The molecule has 1 fully saturated rings. The summed E-state index contributed by atoms with van der Waals surface area (Å²) in [7, 11) is 2.15. The minimum atomic E-state index is 0.161. The molecule has 1 N–H and O–H groups in total. The number of rotatable bonds is 7. The van der Waals surface area contributed by atoms with Crippen LogP contribution in [0.3, 0.4) is 0 Å². The molecule has 114 valence electrons. The molecule has 0 bridgehead atoms. The van der Waals surface area contributed by atoms with Gasteiger partial charge in [0.15, 0.2) is 0 Å². The van der Waals surface area contributed by atoms with Crippen LogP contribution in [0.25, 0.3) is 0 Å². The van der Waals surface area contributed by atoms with E-state index in [9.17, 15) is 0 Å². The molecule has 20 heavy (non-hydrogen) atoms. The molecule has 0 aliphatic carbocycles. The first-order chi connectivity index (χ1) is 9.76. The number of hydrogen-bond donors (Lipinski definition) is 1. The fraction of sp³-hybridized carbons (Fsp3) is 0.857. The monoisotopic (exact) mass is 281 g/mol. The van der Waals surface area contributed by atoms with Gasteiger partial charge in [0.25, 0.3) is 0 Å². The smallest absolute Gasteiger partial charge is 0.0912 e. The Kier molecular flexibility index (Phi) is 5.94. The Morgan fingerprint density at radius 1 is 1.45 bits per heavy atom. The zero-order valence-corrected chi connectivity index (χ0v) is 12.9. The second-order valence-corrected chi connectivity index (χ2v) is 5.49. The molecule has 6 heteroatoms. The van der Waals surface area contributed by atoms with Crippen molar-refractivity contribution in [2.24, 2.45) is 0 Å². The largest absolute Gasteiger partial charge is 0.374 e. The third-order valence-electron chi connectivity index (χ3n) is 3.68. The van der Waals surface area contributed by atoms with Gasteiger partial charge in [-0.25, -0.2) is 4.68 Å². The molecule has 2 atom stereocenters. The number of aryl methyl sites for hydroxylation is 1. The van der Waals surface area contributed by atoms with Crippen molar-refractivity contribution < 1.29 is 4.74 Å². The van der Waals surface area contributed by atoms with Crippen molar-refractivity contribution in [2.75, 3.05) is 33.3 Å². The molecule has 1 aliphatic heterocycles. The predicted molar refractivity (Wildman–Crippen MR) is 78.6 cm³/mol. The van der Waals surface area contributed by atoms with Crippen molar-refractivity contribution in [2.45, 2.75) is 45.4 Å². The van der Waals surface area contributed by atoms with E-state index in [0.717, 1.165) is 51.3 Å². The van der Waals surface area contributed by atoms with E-state index in [4.69, 9.17) is 4.74 Å². The highest BCUT2D eigenvalue weighted by Crippen LogP contribution is 2.21. The first kappa shape index (κ1) is 15.4. The standard InChI is InChI=1S/C14H27N5O/c1-4-6-15-14(13-11-18(3)8-9-20-13)12-10-16-17-19(12)7-5-2/h10,13-15H,4-9,11H2,1-3H3. The van der Waals surface area contributed by atoms with Crippen LogP contribution in [-0.2, 0) is 11.3 Å². The minimum absolute atomic E-state index is 0.161.